The van der Waals surface area contributed by atoms with E-state index in [1.807, 2.05) is 24.3 Å². The predicted molar refractivity (Wildman–Crippen MR) is 82.1 cm³/mol. The largest absolute Gasteiger partial charge is 0.465 e. The molecule has 1 aliphatic heterocycles. The standard InChI is InChI=1S/C18H16O5/c1-21-17(19)13-7-3-11(4-8-13)15-16(23-15)12-5-9-14(10-6-12)18(20)22-2/h3-10,15-16H,1-2H3/t15-,16-/m1/s1. The van der Waals surface area contributed by atoms with Gasteiger partial charge >= 0.3 is 11.9 Å². The minimum absolute atomic E-state index is 0.0364. The molecule has 5 heteroatoms. The van der Waals surface area contributed by atoms with Gasteiger partial charge in [0.2, 0.25) is 0 Å². The Balaban J connectivity index is 1.69. The molecule has 0 spiro atoms. The molecule has 2 aromatic carbocycles. The molecule has 1 aliphatic rings. The molecule has 0 unspecified atom stereocenters. The van der Waals surface area contributed by atoms with Gasteiger partial charge in [0.05, 0.1) is 25.3 Å². The lowest BCUT2D eigenvalue weighted by molar-refractivity contribution is 0.0592. The SMILES string of the molecule is COC(=O)c1ccc([C@H]2O[C@@H]2c2ccc(C(=O)OC)cc2)cc1. The number of hydrogen-bond donors (Lipinski definition) is 0. The average molecular weight is 312 g/mol. The Labute approximate surface area is 133 Å². The number of epoxide rings is 1. The Bertz CT molecular complexity index is 655. The first-order chi connectivity index (χ1) is 11.1. The lowest BCUT2D eigenvalue weighted by Crippen LogP contribution is -2.01. The summed E-state index contributed by atoms with van der Waals surface area (Å²) in [6.07, 6.45) is -0.0728. The van der Waals surface area contributed by atoms with E-state index in [4.69, 9.17) is 4.74 Å². The highest BCUT2D eigenvalue weighted by Crippen LogP contribution is 2.50. The second kappa shape index (κ2) is 6.22. The van der Waals surface area contributed by atoms with Crippen LogP contribution in [0.2, 0.25) is 0 Å². The summed E-state index contributed by atoms with van der Waals surface area (Å²) in [5.74, 6) is -0.716. The number of ether oxygens (including phenoxy) is 3. The molecule has 0 amide bonds. The molecule has 2 atom stereocenters. The van der Waals surface area contributed by atoms with Gasteiger partial charge in [-0.15, -0.1) is 0 Å². The van der Waals surface area contributed by atoms with E-state index in [1.165, 1.54) is 14.2 Å². The van der Waals surface area contributed by atoms with Crippen LogP contribution in [0.1, 0.15) is 44.1 Å². The molecular formula is C18H16O5. The maximum absolute atomic E-state index is 11.4. The Kier molecular flexibility index (Phi) is 4.12. The quantitative estimate of drug-likeness (QED) is 0.641. The smallest absolute Gasteiger partial charge is 0.337 e. The van der Waals surface area contributed by atoms with Crippen LogP contribution in [0.3, 0.4) is 0 Å². The normalized spacial score (nSPS) is 19.0. The highest BCUT2D eigenvalue weighted by molar-refractivity contribution is 5.89. The molecule has 23 heavy (non-hydrogen) atoms. The van der Waals surface area contributed by atoms with E-state index in [-0.39, 0.29) is 24.1 Å². The van der Waals surface area contributed by atoms with E-state index in [1.54, 1.807) is 24.3 Å². The molecule has 0 aromatic heterocycles. The Morgan fingerprint density at radius 1 is 0.739 bits per heavy atom. The molecular weight excluding hydrogens is 296 g/mol. The fourth-order valence-corrected chi connectivity index (χ4v) is 2.47. The van der Waals surface area contributed by atoms with Gasteiger partial charge in [-0.2, -0.15) is 0 Å². The lowest BCUT2D eigenvalue weighted by atomic mass is 10.0. The molecule has 1 saturated heterocycles. The monoisotopic (exact) mass is 312 g/mol. The number of carbonyl (C=O) groups is 2. The molecule has 1 fully saturated rings. The van der Waals surface area contributed by atoms with Gasteiger partial charge in [0.25, 0.3) is 0 Å². The van der Waals surface area contributed by atoms with Crippen molar-refractivity contribution in [1.29, 1.82) is 0 Å². The van der Waals surface area contributed by atoms with Crippen molar-refractivity contribution < 1.29 is 23.8 Å². The van der Waals surface area contributed by atoms with Gasteiger partial charge in [-0.05, 0) is 35.4 Å². The van der Waals surface area contributed by atoms with Crippen LogP contribution in [-0.2, 0) is 14.2 Å². The van der Waals surface area contributed by atoms with E-state index in [2.05, 4.69) is 9.47 Å². The summed E-state index contributed by atoms with van der Waals surface area (Å²) in [6, 6.07) is 14.3. The van der Waals surface area contributed by atoms with Gasteiger partial charge in [0.15, 0.2) is 0 Å². The zero-order valence-corrected chi connectivity index (χ0v) is 12.8. The maximum atomic E-state index is 11.4. The third kappa shape index (κ3) is 3.10. The summed E-state index contributed by atoms with van der Waals surface area (Å²) in [6.45, 7) is 0. The van der Waals surface area contributed by atoms with Crippen LogP contribution >= 0.6 is 0 Å². The van der Waals surface area contributed by atoms with Crippen LogP contribution in [-0.4, -0.2) is 26.2 Å². The van der Waals surface area contributed by atoms with Crippen molar-refractivity contribution in [2.75, 3.05) is 14.2 Å². The van der Waals surface area contributed by atoms with E-state index < -0.39 is 0 Å². The first kappa shape index (κ1) is 15.2. The van der Waals surface area contributed by atoms with Crippen LogP contribution < -0.4 is 0 Å². The topological polar surface area (TPSA) is 65.1 Å². The van der Waals surface area contributed by atoms with Gasteiger partial charge in [-0.25, -0.2) is 9.59 Å². The van der Waals surface area contributed by atoms with Gasteiger partial charge in [-0.3, -0.25) is 0 Å². The summed E-state index contributed by atoms with van der Waals surface area (Å²) in [5, 5.41) is 0. The minimum Gasteiger partial charge on any atom is -0.465 e. The van der Waals surface area contributed by atoms with Crippen molar-refractivity contribution in [2.45, 2.75) is 12.2 Å². The minimum atomic E-state index is -0.358. The lowest BCUT2D eigenvalue weighted by Gasteiger charge is -2.02. The molecule has 0 aliphatic carbocycles. The van der Waals surface area contributed by atoms with Crippen molar-refractivity contribution in [1.82, 2.24) is 0 Å². The first-order valence-electron chi connectivity index (χ1n) is 7.16. The fraction of sp³-hybridized carbons (Fsp3) is 0.222. The number of rotatable bonds is 4. The van der Waals surface area contributed by atoms with Crippen molar-refractivity contribution in [2.24, 2.45) is 0 Å². The molecule has 0 N–H and O–H groups in total. The van der Waals surface area contributed by atoms with Gasteiger partial charge in [0, 0.05) is 0 Å². The molecule has 2 aromatic rings. The second-order valence-electron chi connectivity index (χ2n) is 5.20. The molecule has 0 bridgehead atoms. The van der Waals surface area contributed by atoms with Crippen LogP contribution in [0, 0.1) is 0 Å². The summed E-state index contributed by atoms with van der Waals surface area (Å²) >= 11 is 0. The van der Waals surface area contributed by atoms with Crippen LogP contribution in [0.15, 0.2) is 48.5 Å². The fourth-order valence-electron chi connectivity index (χ4n) is 2.47. The number of benzene rings is 2. The molecule has 0 radical (unpaired) electrons. The van der Waals surface area contributed by atoms with E-state index in [9.17, 15) is 9.59 Å². The summed E-state index contributed by atoms with van der Waals surface area (Å²) in [4.78, 5) is 22.8. The van der Waals surface area contributed by atoms with E-state index in [0.29, 0.717) is 11.1 Å². The van der Waals surface area contributed by atoms with Crippen LogP contribution in [0.25, 0.3) is 0 Å². The Morgan fingerprint density at radius 2 is 1.09 bits per heavy atom. The number of hydrogen-bond acceptors (Lipinski definition) is 5. The van der Waals surface area contributed by atoms with Crippen molar-refractivity contribution in [3.05, 3.63) is 70.8 Å². The predicted octanol–water partition coefficient (Wildman–Crippen LogP) is 3.07. The average Bonchev–Trinajstić information content (AvgIpc) is 3.41. The number of esters is 2. The molecule has 5 nitrogen and oxygen atoms in total. The van der Waals surface area contributed by atoms with Crippen LogP contribution in [0.4, 0.5) is 0 Å². The summed E-state index contributed by atoms with van der Waals surface area (Å²) in [7, 11) is 2.71. The van der Waals surface area contributed by atoms with Crippen molar-refractivity contribution in [3.8, 4) is 0 Å². The maximum Gasteiger partial charge on any atom is 0.337 e. The van der Waals surface area contributed by atoms with Crippen molar-refractivity contribution >= 4 is 11.9 Å². The highest BCUT2D eigenvalue weighted by Gasteiger charge is 2.41. The zero-order valence-electron chi connectivity index (χ0n) is 12.8. The molecule has 1 heterocycles. The zero-order chi connectivity index (χ0) is 16.4. The summed E-state index contributed by atoms with van der Waals surface area (Å²) < 4.78 is 15.1. The molecule has 118 valence electrons. The molecule has 0 saturated carbocycles. The van der Waals surface area contributed by atoms with Crippen LogP contribution in [0.5, 0.6) is 0 Å². The van der Waals surface area contributed by atoms with E-state index >= 15 is 0 Å². The van der Waals surface area contributed by atoms with E-state index in [0.717, 1.165) is 11.1 Å². The number of methoxy groups -OCH3 is 2. The second-order valence-corrected chi connectivity index (χ2v) is 5.20. The van der Waals surface area contributed by atoms with Crippen molar-refractivity contribution in [3.63, 3.8) is 0 Å². The highest BCUT2D eigenvalue weighted by atomic mass is 16.6. The van der Waals surface area contributed by atoms with Gasteiger partial charge in [0.1, 0.15) is 12.2 Å². The first-order valence-corrected chi connectivity index (χ1v) is 7.16. The third-order valence-corrected chi connectivity index (χ3v) is 3.81. The summed E-state index contributed by atoms with van der Waals surface area (Å²) in [5.41, 5.74) is 3.02. The van der Waals surface area contributed by atoms with Gasteiger partial charge in [-0.1, -0.05) is 24.3 Å². The third-order valence-electron chi connectivity index (χ3n) is 3.81. The number of carbonyl (C=O) groups excluding carboxylic acids is 2. The Morgan fingerprint density at radius 3 is 1.39 bits per heavy atom. The van der Waals surface area contributed by atoms with Gasteiger partial charge < -0.3 is 14.2 Å². The molecule has 3 rings (SSSR count). The Hall–Kier alpha value is -2.66.